The molecule has 0 aliphatic carbocycles. The van der Waals surface area contributed by atoms with Crippen molar-refractivity contribution in [2.75, 3.05) is 50.5 Å². The molecular weight excluding hydrogens is 250 g/mol. The number of likely N-dealkylation sites (tertiary alicyclic amines) is 1. The lowest BCUT2D eigenvalue weighted by Gasteiger charge is -2.17. The van der Waals surface area contributed by atoms with E-state index in [4.69, 9.17) is 0 Å². The van der Waals surface area contributed by atoms with Gasteiger partial charge in [-0.1, -0.05) is 6.08 Å². The predicted octanol–water partition coefficient (Wildman–Crippen LogP) is 1.77. The highest BCUT2D eigenvalue weighted by molar-refractivity contribution is 5.47. The molecule has 0 radical (unpaired) electrons. The molecule has 1 fully saturated rings. The van der Waals surface area contributed by atoms with Crippen molar-refractivity contribution in [1.82, 2.24) is 14.9 Å². The van der Waals surface area contributed by atoms with Crippen LogP contribution in [0.5, 0.6) is 0 Å². The zero-order chi connectivity index (χ0) is 14.5. The molecule has 0 aromatic carbocycles. The van der Waals surface area contributed by atoms with Gasteiger partial charge in [-0.15, -0.1) is 6.58 Å². The summed E-state index contributed by atoms with van der Waals surface area (Å²) in [6, 6.07) is 0. The summed E-state index contributed by atoms with van der Waals surface area (Å²) in [5.41, 5.74) is 1.10. The van der Waals surface area contributed by atoms with Gasteiger partial charge in [-0.3, -0.25) is 4.90 Å². The quantitative estimate of drug-likeness (QED) is 0.802. The Bertz CT molecular complexity index is 458. The first-order valence-corrected chi connectivity index (χ1v) is 7.18. The lowest BCUT2D eigenvalue weighted by Crippen LogP contribution is -2.23. The predicted molar refractivity (Wildman–Crippen MR) is 84.3 cm³/mol. The largest absolute Gasteiger partial charge is 0.362 e. The maximum Gasteiger partial charge on any atom is 0.224 e. The maximum atomic E-state index is 4.56. The molecule has 110 valence electrons. The van der Waals surface area contributed by atoms with Crippen LogP contribution in [0.15, 0.2) is 18.9 Å². The third-order valence-electron chi connectivity index (χ3n) is 3.67. The second kappa shape index (κ2) is 6.70. The van der Waals surface area contributed by atoms with Gasteiger partial charge in [-0.25, -0.2) is 4.98 Å². The smallest absolute Gasteiger partial charge is 0.224 e. The molecule has 1 N–H and O–H groups in total. The fourth-order valence-corrected chi connectivity index (χ4v) is 2.63. The Morgan fingerprint density at radius 1 is 1.55 bits per heavy atom. The molecule has 1 aliphatic rings. The maximum absolute atomic E-state index is 4.56. The van der Waals surface area contributed by atoms with Gasteiger partial charge >= 0.3 is 0 Å². The van der Waals surface area contributed by atoms with Crippen LogP contribution in [0, 0.1) is 12.8 Å². The summed E-state index contributed by atoms with van der Waals surface area (Å²) < 4.78 is 0. The Balaban J connectivity index is 1.88. The van der Waals surface area contributed by atoms with Crippen molar-refractivity contribution in [3.05, 3.63) is 24.4 Å². The monoisotopic (exact) mass is 275 g/mol. The van der Waals surface area contributed by atoms with Gasteiger partial charge in [0.05, 0.1) is 0 Å². The minimum atomic E-state index is 0.669. The minimum Gasteiger partial charge on any atom is -0.362 e. The van der Waals surface area contributed by atoms with Crippen LogP contribution in [-0.4, -0.2) is 55.1 Å². The van der Waals surface area contributed by atoms with Crippen molar-refractivity contribution >= 4 is 11.8 Å². The highest BCUT2D eigenvalue weighted by Crippen LogP contribution is 2.18. The fraction of sp³-hybridized carbons (Fsp3) is 0.600. The van der Waals surface area contributed by atoms with Gasteiger partial charge < -0.3 is 10.2 Å². The van der Waals surface area contributed by atoms with Gasteiger partial charge in [-0.05, 0) is 25.8 Å². The number of rotatable bonds is 6. The van der Waals surface area contributed by atoms with E-state index in [1.54, 1.807) is 0 Å². The van der Waals surface area contributed by atoms with Gasteiger partial charge in [0.2, 0.25) is 5.95 Å². The number of nitrogens with one attached hydrogen (secondary N) is 1. The molecular formula is C15H25N5. The molecule has 20 heavy (non-hydrogen) atoms. The summed E-state index contributed by atoms with van der Waals surface area (Å²) in [5.74, 6) is 2.37. The highest BCUT2D eigenvalue weighted by Gasteiger charge is 2.21. The van der Waals surface area contributed by atoms with Crippen molar-refractivity contribution in [1.29, 1.82) is 0 Å². The molecule has 1 aromatic heterocycles. The first-order valence-electron chi connectivity index (χ1n) is 7.18. The average molecular weight is 275 g/mol. The minimum absolute atomic E-state index is 0.669. The van der Waals surface area contributed by atoms with Crippen LogP contribution in [0.1, 0.15) is 12.0 Å². The fourth-order valence-electron chi connectivity index (χ4n) is 2.63. The number of nitrogens with zero attached hydrogens (tertiary/aromatic N) is 4. The van der Waals surface area contributed by atoms with Gasteiger partial charge in [0, 0.05) is 45.5 Å². The van der Waals surface area contributed by atoms with Gasteiger partial charge in [0.25, 0.3) is 0 Å². The SMILES string of the molecule is C=CCN1CC[C@H](CNc2ncc(C)c(N(C)C)n2)C1. The van der Waals surface area contributed by atoms with Crippen molar-refractivity contribution in [2.24, 2.45) is 5.92 Å². The van der Waals surface area contributed by atoms with Crippen LogP contribution in [0.3, 0.4) is 0 Å². The molecule has 5 heteroatoms. The third kappa shape index (κ3) is 3.70. The van der Waals surface area contributed by atoms with E-state index in [0.29, 0.717) is 5.92 Å². The zero-order valence-corrected chi connectivity index (χ0v) is 12.8. The summed E-state index contributed by atoms with van der Waals surface area (Å²) in [7, 11) is 4.01. The normalized spacial score (nSPS) is 19.1. The second-order valence-corrected chi connectivity index (χ2v) is 5.68. The zero-order valence-electron chi connectivity index (χ0n) is 12.8. The van der Waals surface area contributed by atoms with Gasteiger partial charge in [0.1, 0.15) is 5.82 Å². The Morgan fingerprint density at radius 2 is 2.35 bits per heavy atom. The number of aryl methyl sites for hydroxylation is 1. The molecule has 1 aromatic rings. The van der Waals surface area contributed by atoms with Gasteiger partial charge in [-0.2, -0.15) is 4.98 Å². The molecule has 2 rings (SSSR count). The van der Waals surface area contributed by atoms with Crippen LogP contribution in [0.2, 0.25) is 0 Å². The first kappa shape index (κ1) is 14.8. The van der Waals surface area contributed by atoms with E-state index in [1.807, 2.05) is 38.2 Å². The van der Waals surface area contributed by atoms with E-state index in [2.05, 4.69) is 26.8 Å². The molecule has 1 saturated heterocycles. The lowest BCUT2D eigenvalue weighted by molar-refractivity contribution is 0.362. The topological polar surface area (TPSA) is 44.3 Å². The van der Waals surface area contributed by atoms with E-state index in [-0.39, 0.29) is 0 Å². The van der Waals surface area contributed by atoms with Crippen LogP contribution >= 0.6 is 0 Å². The first-order chi connectivity index (χ1) is 9.60. The number of hydrogen-bond donors (Lipinski definition) is 1. The summed E-state index contributed by atoms with van der Waals surface area (Å²) >= 11 is 0. The summed E-state index contributed by atoms with van der Waals surface area (Å²) in [4.78, 5) is 13.4. The van der Waals surface area contributed by atoms with Crippen LogP contribution in [-0.2, 0) is 0 Å². The van der Waals surface area contributed by atoms with Crippen molar-refractivity contribution in [3.63, 3.8) is 0 Å². The molecule has 0 unspecified atom stereocenters. The molecule has 5 nitrogen and oxygen atoms in total. The van der Waals surface area contributed by atoms with Crippen molar-refractivity contribution in [3.8, 4) is 0 Å². The van der Waals surface area contributed by atoms with E-state index in [0.717, 1.165) is 43.5 Å². The van der Waals surface area contributed by atoms with Crippen LogP contribution in [0.25, 0.3) is 0 Å². The van der Waals surface area contributed by atoms with Crippen molar-refractivity contribution < 1.29 is 0 Å². The average Bonchev–Trinajstić information content (AvgIpc) is 2.86. The lowest BCUT2D eigenvalue weighted by atomic mass is 10.1. The van der Waals surface area contributed by atoms with E-state index >= 15 is 0 Å². The van der Waals surface area contributed by atoms with Crippen LogP contribution in [0.4, 0.5) is 11.8 Å². The van der Waals surface area contributed by atoms with E-state index < -0.39 is 0 Å². The molecule has 1 aliphatic heterocycles. The number of aromatic nitrogens is 2. The van der Waals surface area contributed by atoms with Crippen LogP contribution < -0.4 is 10.2 Å². The standard InChI is InChI=1S/C15H25N5/c1-5-7-20-8-6-13(11-20)10-17-15-16-9-12(2)14(18-15)19(3)4/h5,9,13H,1,6-8,10-11H2,2-4H3,(H,16,17,18)/t13-/m1/s1. The second-order valence-electron chi connectivity index (χ2n) is 5.68. The summed E-state index contributed by atoms with van der Waals surface area (Å²) in [5, 5.41) is 3.37. The Kier molecular flexibility index (Phi) is 4.95. The Labute approximate surface area is 121 Å². The molecule has 0 bridgehead atoms. The summed E-state index contributed by atoms with van der Waals surface area (Å²) in [6.45, 7) is 10.0. The van der Waals surface area contributed by atoms with Crippen molar-refractivity contribution in [2.45, 2.75) is 13.3 Å². The van der Waals surface area contributed by atoms with Gasteiger partial charge in [0.15, 0.2) is 0 Å². The number of hydrogen-bond acceptors (Lipinski definition) is 5. The molecule has 2 heterocycles. The Hall–Kier alpha value is -1.62. The van der Waals surface area contributed by atoms with E-state index in [9.17, 15) is 0 Å². The molecule has 0 amide bonds. The highest BCUT2D eigenvalue weighted by atomic mass is 15.2. The summed E-state index contributed by atoms with van der Waals surface area (Å²) in [6.07, 6.45) is 5.08. The molecule has 0 saturated carbocycles. The Morgan fingerprint density at radius 3 is 3.05 bits per heavy atom. The number of anilines is 2. The van der Waals surface area contributed by atoms with E-state index in [1.165, 1.54) is 6.42 Å². The third-order valence-corrected chi connectivity index (χ3v) is 3.67. The molecule has 1 atom stereocenters. The molecule has 0 spiro atoms.